The highest BCUT2D eigenvalue weighted by Crippen LogP contribution is 2.41. The van der Waals surface area contributed by atoms with E-state index in [0.29, 0.717) is 11.1 Å². The maximum absolute atomic E-state index is 6.30. The predicted molar refractivity (Wildman–Crippen MR) is 77.2 cm³/mol. The summed E-state index contributed by atoms with van der Waals surface area (Å²) in [5.41, 5.74) is 2.10. The number of rotatable bonds is 1. The van der Waals surface area contributed by atoms with E-state index in [4.69, 9.17) is 11.6 Å². The van der Waals surface area contributed by atoms with Gasteiger partial charge in [-0.05, 0) is 35.7 Å². The first-order valence-corrected chi connectivity index (χ1v) is 7.44. The third-order valence-corrected chi connectivity index (χ3v) is 5.23. The van der Waals surface area contributed by atoms with Gasteiger partial charge in [0.1, 0.15) is 16.6 Å². The van der Waals surface area contributed by atoms with Crippen LogP contribution in [0.15, 0.2) is 4.47 Å². The molecule has 96 valence electrons. The number of aromatic nitrogens is 3. The van der Waals surface area contributed by atoms with E-state index in [1.165, 1.54) is 31.4 Å². The maximum Gasteiger partial charge on any atom is 0.146 e. The molecule has 0 atom stereocenters. The Hall–Kier alpha value is -0.610. The molecule has 0 aliphatic heterocycles. The van der Waals surface area contributed by atoms with Crippen LogP contribution >= 0.6 is 27.5 Å². The highest BCUT2D eigenvalue weighted by molar-refractivity contribution is 9.10. The summed E-state index contributed by atoms with van der Waals surface area (Å²) in [6.45, 7) is 1.95. The summed E-state index contributed by atoms with van der Waals surface area (Å²) in [7, 11) is 1.94. The van der Waals surface area contributed by atoms with Gasteiger partial charge in [-0.15, -0.1) is 0 Å². The van der Waals surface area contributed by atoms with Crippen LogP contribution in [0.3, 0.4) is 0 Å². The Bertz CT molecular complexity index is 614. The van der Waals surface area contributed by atoms with Crippen molar-refractivity contribution >= 4 is 38.6 Å². The zero-order valence-electron chi connectivity index (χ0n) is 10.5. The molecule has 0 amide bonds. The zero-order valence-corrected chi connectivity index (χ0v) is 12.8. The second-order valence-electron chi connectivity index (χ2n) is 5.00. The van der Waals surface area contributed by atoms with Crippen LogP contribution in [0.25, 0.3) is 11.0 Å². The molecule has 5 heteroatoms. The van der Waals surface area contributed by atoms with E-state index in [1.807, 2.05) is 18.5 Å². The summed E-state index contributed by atoms with van der Waals surface area (Å²) in [5.74, 6) is 1.39. The maximum atomic E-state index is 6.30. The van der Waals surface area contributed by atoms with Crippen molar-refractivity contribution in [1.82, 2.24) is 14.5 Å². The quantitative estimate of drug-likeness (QED) is 0.779. The normalized spacial score (nSPS) is 16.9. The topological polar surface area (TPSA) is 30.7 Å². The Morgan fingerprint density at radius 3 is 2.61 bits per heavy atom. The average molecular weight is 329 g/mol. The lowest BCUT2D eigenvalue weighted by molar-refractivity contribution is 0.697. The van der Waals surface area contributed by atoms with Crippen molar-refractivity contribution < 1.29 is 0 Å². The number of hydrogen-bond donors (Lipinski definition) is 0. The van der Waals surface area contributed by atoms with Crippen LogP contribution < -0.4 is 0 Å². The van der Waals surface area contributed by atoms with Crippen molar-refractivity contribution in [3.05, 3.63) is 21.1 Å². The SMILES string of the molecule is Cc1nc(C2CCCC2)c2c(Br)c(Cl)n(C)c2n1. The smallest absolute Gasteiger partial charge is 0.146 e. The molecule has 2 aromatic heterocycles. The lowest BCUT2D eigenvalue weighted by atomic mass is 10.0. The molecule has 0 aromatic carbocycles. The van der Waals surface area contributed by atoms with Gasteiger partial charge in [-0.2, -0.15) is 0 Å². The molecule has 3 rings (SSSR count). The van der Waals surface area contributed by atoms with Gasteiger partial charge in [-0.1, -0.05) is 24.4 Å². The zero-order chi connectivity index (χ0) is 12.9. The van der Waals surface area contributed by atoms with E-state index in [9.17, 15) is 0 Å². The van der Waals surface area contributed by atoms with E-state index in [-0.39, 0.29) is 0 Å². The largest absolute Gasteiger partial charge is 0.318 e. The molecule has 0 spiro atoms. The van der Waals surface area contributed by atoms with Crippen LogP contribution in [0.5, 0.6) is 0 Å². The number of fused-ring (bicyclic) bond motifs is 1. The first kappa shape index (κ1) is 12.4. The van der Waals surface area contributed by atoms with Gasteiger partial charge in [-0.3, -0.25) is 0 Å². The molecule has 2 heterocycles. The number of nitrogens with zero attached hydrogens (tertiary/aromatic N) is 3. The van der Waals surface area contributed by atoms with Crippen LogP contribution in [0.2, 0.25) is 5.15 Å². The second kappa shape index (κ2) is 4.49. The summed E-state index contributed by atoms with van der Waals surface area (Å²) >= 11 is 9.89. The van der Waals surface area contributed by atoms with Crippen molar-refractivity contribution in [2.45, 2.75) is 38.5 Å². The highest BCUT2D eigenvalue weighted by atomic mass is 79.9. The van der Waals surface area contributed by atoms with Crippen LogP contribution in [0.4, 0.5) is 0 Å². The van der Waals surface area contributed by atoms with Crippen LogP contribution in [-0.4, -0.2) is 14.5 Å². The standard InChI is InChI=1S/C13H15BrClN3/c1-7-16-11(8-5-3-4-6-8)9-10(14)12(15)18(2)13(9)17-7/h8H,3-6H2,1-2H3. The van der Waals surface area contributed by atoms with Crippen LogP contribution in [0.1, 0.15) is 43.1 Å². The Morgan fingerprint density at radius 2 is 1.94 bits per heavy atom. The van der Waals surface area contributed by atoms with Gasteiger partial charge in [0, 0.05) is 13.0 Å². The van der Waals surface area contributed by atoms with E-state index in [1.54, 1.807) is 0 Å². The molecule has 3 nitrogen and oxygen atoms in total. The minimum atomic E-state index is 0.559. The third kappa shape index (κ3) is 1.77. The van der Waals surface area contributed by atoms with Gasteiger partial charge in [0.25, 0.3) is 0 Å². The fraction of sp³-hybridized carbons (Fsp3) is 0.538. The summed E-state index contributed by atoms with van der Waals surface area (Å²) in [4.78, 5) is 9.21. The molecule has 1 aliphatic rings. The summed E-state index contributed by atoms with van der Waals surface area (Å²) < 4.78 is 2.86. The lowest BCUT2D eigenvalue weighted by Gasteiger charge is -2.11. The number of aryl methyl sites for hydroxylation is 2. The molecule has 0 unspecified atom stereocenters. The molecule has 18 heavy (non-hydrogen) atoms. The minimum absolute atomic E-state index is 0.559. The van der Waals surface area contributed by atoms with E-state index >= 15 is 0 Å². The Labute approximate surface area is 120 Å². The number of halogens is 2. The van der Waals surface area contributed by atoms with Crippen LogP contribution in [-0.2, 0) is 7.05 Å². The second-order valence-corrected chi connectivity index (χ2v) is 6.15. The number of hydrogen-bond acceptors (Lipinski definition) is 2. The van der Waals surface area contributed by atoms with Gasteiger partial charge in [0.15, 0.2) is 0 Å². The van der Waals surface area contributed by atoms with Crippen molar-refractivity contribution in [3.63, 3.8) is 0 Å². The molecule has 1 aliphatic carbocycles. The van der Waals surface area contributed by atoms with Crippen LogP contribution in [0, 0.1) is 6.92 Å². The van der Waals surface area contributed by atoms with Crippen molar-refractivity contribution in [3.8, 4) is 0 Å². The van der Waals surface area contributed by atoms with Gasteiger partial charge >= 0.3 is 0 Å². The van der Waals surface area contributed by atoms with E-state index < -0.39 is 0 Å². The molecular formula is C13H15BrClN3. The molecule has 2 aromatic rings. The minimum Gasteiger partial charge on any atom is -0.318 e. The van der Waals surface area contributed by atoms with E-state index in [0.717, 1.165) is 21.3 Å². The van der Waals surface area contributed by atoms with Crippen molar-refractivity contribution in [2.75, 3.05) is 0 Å². The molecule has 0 radical (unpaired) electrons. The summed E-state index contributed by atoms with van der Waals surface area (Å²) in [6, 6.07) is 0. The predicted octanol–water partition coefficient (Wildman–Crippen LogP) is 4.35. The van der Waals surface area contributed by atoms with Gasteiger partial charge in [-0.25, -0.2) is 9.97 Å². The van der Waals surface area contributed by atoms with Crippen molar-refractivity contribution in [1.29, 1.82) is 0 Å². The summed E-state index contributed by atoms with van der Waals surface area (Å²) in [5, 5.41) is 1.80. The van der Waals surface area contributed by atoms with Crippen molar-refractivity contribution in [2.24, 2.45) is 7.05 Å². The molecular weight excluding hydrogens is 314 g/mol. The molecule has 1 fully saturated rings. The highest BCUT2D eigenvalue weighted by Gasteiger charge is 2.25. The Morgan fingerprint density at radius 1 is 1.28 bits per heavy atom. The monoisotopic (exact) mass is 327 g/mol. The molecule has 0 bridgehead atoms. The fourth-order valence-electron chi connectivity index (χ4n) is 2.87. The molecule has 0 saturated heterocycles. The lowest BCUT2D eigenvalue weighted by Crippen LogP contribution is -2.02. The Balaban J connectivity index is 2.32. The first-order chi connectivity index (χ1) is 8.59. The average Bonchev–Trinajstić information content (AvgIpc) is 2.94. The van der Waals surface area contributed by atoms with E-state index in [2.05, 4.69) is 25.9 Å². The fourth-order valence-corrected chi connectivity index (χ4v) is 3.69. The van der Waals surface area contributed by atoms with Gasteiger partial charge < -0.3 is 4.57 Å². The molecule has 1 saturated carbocycles. The summed E-state index contributed by atoms with van der Waals surface area (Å²) in [6.07, 6.45) is 5.05. The first-order valence-electron chi connectivity index (χ1n) is 6.27. The Kier molecular flexibility index (Phi) is 3.10. The van der Waals surface area contributed by atoms with Gasteiger partial charge in [0.2, 0.25) is 0 Å². The third-order valence-electron chi connectivity index (χ3n) is 3.78. The van der Waals surface area contributed by atoms with Gasteiger partial charge in [0.05, 0.1) is 15.6 Å². The molecule has 0 N–H and O–H groups in total.